The molecule has 0 atom stereocenters. The maximum Gasteiger partial charge on any atom is 0.181 e. The Morgan fingerprint density at radius 1 is 1.27 bits per heavy atom. The fourth-order valence-corrected chi connectivity index (χ4v) is 1.06. The van der Waals surface area contributed by atoms with Crippen LogP contribution in [0.2, 0.25) is 0 Å². The molecule has 1 aromatic rings. The second-order valence-corrected chi connectivity index (χ2v) is 2.86. The van der Waals surface area contributed by atoms with Crippen LogP contribution in [-0.4, -0.2) is 31.5 Å². The Morgan fingerprint density at radius 2 is 2.07 bits per heavy atom. The second-order valence-electron chi connectivity index (χ2n) is 2.86. The first-order chi connectivity index (χ1) is 7.25. The van der Waals surface area contributed by atoms with Crippen LogP contribution < -0.4 is 5.32 Å². The largest absolute Gasteiger partial charge is 0.394 e. The predicted octanol–water partition coefficient (Wildman–Crippen LogP) is 1.39. The molecule has 0 radical (unpaired) electrons. The minimum absolute atomic E-state index is 0.0473. The molecule has 0 heterocycles. The Morgan fingerprint density at radius 3 is 2.80 bits per heavy atom. The Balaban J connectivity index is 2.34. The van der Waals surface area contributed by atoms with Crippen molar-refractivity contribution in [3.63, 3.8) is 0 Å². The molecule has 0 amide bonds. The number of aliphatic hydroxyl groups excluding tert-OH is 1. The lowest BCUT2D eigenvalue weighted by Crippen LogP contribution is -2.12. The number of ether oxygens (including phenoxy) is 1. The van der Waals surface area contributed by atoms with Crippen molar-refractivity contribution in [1.29, 1.82) is 0 Å². The van der Waals surface area contributed by atoms with Crippen LogP contribution in [0.3, 0.4) is 0 Å². The monoisotopic (exact) mass is 217 g/mol. The summed E-state index contributed by atoms with van der Waals surface area (Å²) in [5.74, 6) is -1.77. The molecule has 0 saturated carbocycles. The molecule has 1 rings (SSSR count). The fraction of sp³-hybridized carbons (Fsp3) is 0.400. The van der Waals surface area contributed by atoms with Crippen molar-refractivity contribution in [3.05, 3.63) is 29.8 Å². The number of rotatable bonds is 6. The molecule has 0 bridgehead atoms. The number of halogens is 2. The second kappa shape index (κ2) is 6.31. The van der Waals surface area contributed by atoms with Crippen LogP contribution in [0.25, 0.3) is 0 Å². The SMILES string of the molecule is OCCOCCNc1cccc(F)c1F. The number of anilines is 1. The van der Waals surface area contributed by atoms with Crippen LogP contribution in [0.15, 0.2) is 18.2 Å². The highest BCUT2D eigenvalue weighted by Crippen LogP contribution is 2.15. The first-order valence-electron chi connectivity index (χ1n) is 4.62. The molecule has 3 nitrogen and oxygen atoms in total. The van der Waals surface area contributed by atoms with Crippen LogP contribution in [0.1, 0.15) is 0 Å². The van der Waals surface area contributed by atoms with E-state index < -0.39 is 11.6 Å². The molecule has 84 valence electrons. The lowest BCUT2D eigenvalue weighted by Gasteiger charge is -2.07. The summed E-state index contributed by atoms with van der Waals surface area (Å²) in [5.41, 5.74) is 0.114. The average Bonchev–Trinajstić information content (AvgIpc) is 2.24. The van der Waals surface area contributed by atoms with Gasteiger partial charge < -0.3 is 15.2 Å². The first-order valence-corrected chi connectivity index (χ1v) is 4.62. The van der Waals surface area contributed by atoms with Gasteiger partial charge in [-0.25, -0.2) is 8.78 Å². The molecule has 0 aliphatic carbocycles. The van der Waals surface area contributed by atoms with Gasteiger partial charge in [0.15, 0.2) is 11.6 Å². The Bertz CT molecular complexity index is 307. The Labute approximate surface area is 86.7 Å². The number of hydrogen-bond donors (Lipinski definition) is 2. The molecule has 0 spiro atoms. The van der Waals surface area contributed by atoms with Crippen LogP contribution >= 0.6 is 0 Å². The molecule has 0 aliphatic rings. The lowest BCUT2D eigenvalue weighted by molar-refractivity contribution is 0.0992. The van der Waals surface area contributed by atoms with E-state index in [9.17, 15) is 8.78 Å². The normalized spacial score (nSPS) is 10.3. The minimum atomic E-state index is -0.889. The highest BCUT2D eigenvalue weighted by Gasteiger charge is 2.05. The van der Waals surface area contributed by atoms with Crippen molar-refractivity contribution < 1.29 is 18.6 Å². The highest BCUT2D eigenvalue weighted by atomic mass is 19.2. The van der Waals surface area contributed by atoms with E-state index in [1.165, 1.54) is 12.1 Å². The van der Waals surface area contributed by atoms with Gasteiger partial charge in [0.05, 0.1) is 25.5 Å². The third-order valence-corrected chi connectivity index (χ3v) is 1.75. The molecule has 0 saturated heterocycles. The third-order valence-electron chi connectivity index (χ3n) is 1.75. The van der Waals surface area contributed by atoms with E-state index >= 15 is 0 Å². The molecule has 0 fully saturated rings. The number of hydrogen-bond acceptors (Lipinski definition) is 3. The molecule has 0 aliphatic heterocycles. The minimum Gasteiger partial charge on any atom is -0.394 e. The van der Waals surface area contributed by atoms with Crippen molar-refractivity contribution in [3.8, 4) is 0 Å². The quantitative estimate of drug-likeness (QED) is 0.707. The van der Waals surface area contributed by atoms with Crippen molar-refractivity contribution in [2.45, 2.75) is 0 Å². The standard InChI is InChI=1S/C10H13F2NO2/c11-8-2-1-3-9(10(8)12)13-4-6-15-7-5-14/h1-3,13-14H,4-7H2. The molecule has 0 unspecified atom stereocenters. The molecule has 0 aromatic heterocycles. The van der Waals surface area contributed by atoms with Crippen molar-refractivity contribution in [1.82, 2.24) is 0 Å². The van der Waals surface area contributed by atoms with E-state index in [-0.39, 0.29) is 18.9 Å². The average molecular weight is 217 g/mol. The zero-order valence-electron chi connectivity index (χ0n) is 8.17. The van der Waals surface area contributed by atoms with E-state index in [0.29, 0.717) is 13.2 Å². The zero-order chi connectivity index (χ0) is 11.1. The van der Waals surface area contributed by atoms with Crippen LogP contribution in [0, 0.1) is 11.6 Å². The van der Waals surface area contributed by atoms with Gasteiger partial charge in [-0.15, -0.1) is 0 Å². The molecule has 5 heteroatoms. The maximum atomic E-state index is 13.1. The molecule has 2 N–H and O–H groups in total. The fourth-order valence-electron chi connectivity index (χ4n) is 1.06. The third kappa shape index (κ3) is 3.81. The molecular weight excluding hydrogens is 204 g/mol. The smallest absolute Gasteiger partial charge is 0.181 e. The van der Waals surface area contributed by atoms with Gasteiger partial charge in [-0.3, -0.25) is 0 Å². The van der Waals surface area contributed by atoms with Gasteiger partial charge in [0.25, 0.3) is 0 Å². The van der Waals surface area contributed by atoms with Gasteiger partial charge in [-0.05, 0) is 12.1 Å². The van der Waals surface area contributed by atoms with E-state index in [0.717, 1.165) is 6.07 Å². The van der Waals surface area contributed by atoms with Gasteiger partial charge in [-0.1, -0.05) is 6.07 Å². The van der Waals surface area contributed by atoms with Crippen LogP contribution in [-0.2, 0) is 4.74 Å². The summed E-state index contributed by atoms with van der Waals surface area (Å²) in [6.07, 6.45) is 0. The molecule has 15 heavy (non-hydrogen) atoms. The maximum absolute atomic E-state index is 13.1. The Hall–Kier alpha value is -1.20. The van der Waals surface area contributed by atoms with Crippen molar-refractivity contribution in [2.75, 3.05) is 31.7 Å². The summed E-state index contributed by atoms with van der Waals surface area (Å²) >= 11 is 0. The first kappa shape index (κ1) is 11.9. The van der Waals surface area contributed by atoms with Crippen molar-refractivity contribution in [2.24, 2.45) is 0 Å². The molecule has 1 aromatic carbocycles. The Kier molecular flexibility index (Phi) is 5.00. The van der Waals surface area contributed by atoms with E-state index in [4.69, 9.17) is 9.84 Å². The predicted molar refractivity (Wildman–Crippen MR) is 52.8 cm³/mol. The number of benzene rings is 1. The van der Waals surface area contributed by atoms with Gasteiger partial charge in [0.1, 0.15) is 0 Å². The highest BCUT2D eigenvalue weighted by molar-refractivity contribution is 5.44. The summed E-state index contributed by atoms with van der Waals surface area (Å²) in [4.78, 5) is 0. The summed E-state index contributed by atoms with van der Waals surface area (Å²) in [7, 11) is 0. The van der Waals surface area contributed by atoms with Crippen LogP contribution in [0.5, 0.6) is 0 Å². The summed E-state index contributed by atoms with van der Waals surface area (Å²) in [6.45, 7) is 0.887. The van der Waals surface area contributed by atoms with Crippen LogP contribution in [0.4, 0.5) is 14.5 Å². The van der Waals surface area contributed by atoms with Gasteiger partial charge in [-0.2, -0.15) is 0 Å². The topological polar surface area (TPSA) is 41.5 Å². The van der Waals surface area contributed by atoms with E-state index in [2.05, 4.69) is 5.32 Å². The van der Waals surface area contributed by atoms with Gasteiger partial charge in [0, 0.05) is 6.54 Å². The zero-order valence-corrected chi connectivity index (χ0v) is 8.17. The summed E-state index contributed by atoms with van der Waals surface area (Å²) in [6, 6.07) is 3.93. The lowest BCUT2D eigenvalue weighted by atomic mass is 10.3. The van der Waals surface area contributed by atoms with E-state index in [1.54, 1.807) is 0 Å². The van der Waals surface area contributed by atoms with Crippen molar-refractivity contribution >= 4 is 5.69 Å². The summed E-state index contributed by atoms with van der Waals surface area (Å²) in [5, 5.41) is 11.1. The summed E-state index contributed by atoms with van der Waals surface area (Å²) < 4.78 is 30.7. The molecular formula is C10H13F2NO2. The van der Waals surface area contributed by atoms with E-state index in [1.807, 2.05) is 0 Å². The van der Waals surface area contributed by atoms with Gasteiger partial charge >= 0.3 is 0 Å². The number of nitrogens with one attached hydrogen (secondary N) is 1. The van der Waals surface area contributed by atoms with Gasteiger partial charge in [0.2, 0.25) is 0 Å². The number of aliphatic hydroxyl groups is 1.